The smallest absolute Gasteiger partial charge is 0.311 e. The van der Waals surface area contributed by atoms with Crippen LogP contribution < -0.4 is 5.32 Å². The fourth-order valence-electron chi connectivity index (χ4n) is 2.16. The van der Waals surface area contributed by atoms with E-state index in [0.717, 1.165) is 11.1 Å². The summed E-state index contributed by atoms with van der Waals surface area (Å²) in [7, 11) is 1.64. The molecule has 1 N–H and O–H groups in total. The van der Waals surface area contributed by atoms with Gasteiger partial charge in [-0.3, -0.25) is 14.6 Å². The summed E-state index contributed by atoms with van der Waals surface area (Å²) in [6.45, 7) is 0.946. The standard InChI is InChI=1S/C18H21N3O2/c1-21(14-10-16-7-11-19-12-8-16)18(23)17(22)20-13-9-15-5-3-2-4-6-15/h2-8,11-12H,9-10,13-14H2,1H3,(H,20,22). The molecule has 1 aromatic carbocycles. The third-order valence-corrected chi connectivity index (χ3v) is 3.57. The van der Waals surface area contributed by atoms with Crippen LogP contribution in [0.15, 0.2) is 54.9 Å². The van der Waals surface area contributed by atoms with Gasteiger partial charge < -0.3 is 10.2 Å². The van der Waals surface area contributed by atoms with Gasteiger partial charge in [-0.05, 0) is 36.1 Å². The monoisotopic (exact) mass is 311 g/mol. The predicted molar refractivity (Wildman–Crippen MR) is 88.7 cm³/mol. The van der Waals surface area contributed by atoms with Crippen LogP contribution in [0, 0.1) is 0 Å². The van der Waals surface area contributed by atoms with Crippen LogP contribution in [0.2, 0.25) is 0 Å². The summed E-state index contributed by atoms with van der Waals surface area (Å²) in [4.78, 5) is 29.3. The third-order valence-electron chi connectivity index (χ3n) is 3.57. The number of benzene rings is 1. The van der Waals surface area contributed by atoms with Crippen LogP contribution in [0.25, 0.3) is 0 Å². The lowest BCUT2D eigenvalue weighted by Crippen LogP contribution is -2.42. The van der Waals surface area contributed by atoms with Gasteiger partial charge in [0.05, 0.1) is 0 Å². The van der Waals surface area contributed by atoms with E-state index in [1.807, 2.05) is 42.5 Å². The number of aromatic nitrogens is 1. The highest BCUT2D eigenvalue weighted by Crippen LogP contribution is 2.00. The number of carbonyl (C=O) groups excluding carboxylic acids is 2. The van der Waals surface area contributed by atoms with Crippen LogP contribution in [0.3, 0.4) is 0 Å². The molecular formula is C18H21N3O2. The molecular weight excluding hydrogens is 290 g/mol. The Morgan fingerprint density at radius 3 is 2.35 bits per heavy atom. The Balaban J connectivity index is 1.72. The second-order valence-electron chi connectivity index (χ2n) is 5.32. The van der Waals surface area contributed by atoms with Crippen molar-refractivity contribution < 1.29 is 9.59 Å². The molecule has 2 aromatic rings. The first-order chi connectivity index (χ1) is 11.2. The molecule has 5 nitrogen and oxygen atoms in total. The zero-order valence-electron chi connectivity index (χ0n) is 13.2. The number of nitrogens with zero attached hydrogens (tertiary/aromatic N) is 2. The van der Waals surface area contributed by atoms with E-state index in [-0.39, 0.29) is 0 Å². The highest BCUT2D eigenvalue weighted by molar-refractivity contribution is 6.34. The molecule has 0 fully saturated rings. The normalized spacial score (nSPS) is 10.1. The van der Waals surface area contributed by atoms with Gasteiger partial charge in [0.2, 0.25) is 0 Å². The van der Waals surface area contributed by atoms with E-state index in [9.17, 15) is 9.59 Å². The molecule has 0 spiro atoms. The lowest BCUT2D eigenvalue weighted by molar-refractivity contribution is -0.144. The maximum atomic E-state index is 12.0. The molecule has 23 heavy (non-hydrogen) atoms. The van der Waals surface area contributed by atoms with E-state index >= 15 is 0 Å². The van der Waals surface area contributed by atoms with Crippen LogP contribution in [0.4, 0.5) is 0 Å². The summed E-state index contributed by atoms with van der Waals surface area (Å²) in [5.41, 5.74) is 2.22. The van der Waals surface area contributed by atoms with Crippen molar-refractivity contribution in [2.24, 2.45) is 0 Å². The molecule has 0 aliphatic rings. The van der Waals surface area contributed by atoms with E-state index in [4.69, 9.17) is 0 Å². The van der Waals surface area contributed by atoms with E-state index in [2.05, 4.69) is 10.3 Å². The average molecular weight is 311 g/mol. The van der Waals surface area contributed by atoms with Gasteiger partial charge in [-0.2, -0.15) is 0 Å². The SMILES string of the molecule is CN(CCc1ccncc1)C(=O)C(=O)NCCc1ccccc1. The quantitative estimate of drug-likeness (QED) is 0.821. The summed E-state index contributed by atoms with van der Waals surface area (Å²) in [5.74, 6) is -1.06. The van der Waals surface area contributed by atoms with Gasteiger partial charge in [-0.25, -0.2) is 0 Å². The van der Waals surface area contributed by atoms with Crippen LogP contribution in [-0.2, 0) is 22.4 Å². The molecule has 0 radical (unpaired) electrons. The van der Waals surface area contributed by atoms with Gasteiger partial charge in [-0.1, -0.05) is 30.3 Å². The molecule has 5 heteroatoms. The second-order valence-corrected chi connectivity index (χ2v) is 5.32. The zero-order valence-corrected chi connectivity index (χ0v) is 13.2. The molecule has 1 heterocycles. The maximum absolute atomic E-state index is 12.0. The Hall–Kier alpha value is -2.69. The topological polar surface area (TPSA) is 62.3 Å². The lowest BCUT2D eigenvalue weighted by atomic mass is 10.1. The minimum absolute atomic E-state index is 0.451. The molecule has 2 amide bonds. The van der Waals surface area contributed by atoms with Crippen molar-refractivity contribution in [1.29, 1.82) is 0 Å². The molecule has 0 aliphatic heterocycles. The van der Waals surface area contributed by atoms with Crippen LogP contribution in [0.5, 0.6) is 0 Å². The van der Waals surface area contributed by atoms with Gasteiger partial charge >= 0.3 is 11.8 Å². The predicted octanol–water partition coefficient (Wildman–Crippen LogP) is 1.44. The van der Waals surface area contributed by atoms with Crippen molar-refractivity contribution in [3.8, 4) is 0 Å². The molecule has 0 saturated heterocycles. The Bertz CT molecular complexity index is 629. The van der Waals surface area contributed by atoms with E-state index in [0.29, 0.717) is 25.9 Å². The van der Waals surface area contributed by atoms with Crippen molar-refractivity contribution in [3.05, 3.63) is 66.0 Å². The number of nitrogens with one attached hydrogen (secondary N) is 1. The van der Waals surface area contributed by atoms with Gasteiger partial charge in [0.15, 0.2) is 0 Å². The summed E-state index contributed by atoms with van der Waals surface area (Å²) in [5, 5.41) is 2.67. The van der Waals surface area contributed by atoms with E-state index in [1.165, 1.54) is 4.90 Å². The summed E-state index contributed by atoms with van der Waals surface area (Å²) < 4.78 is 0. The number of hydrogen-bond acceptors (Lipinski definition) is 3. The number of rotatable bonds is 6. The van der Waals surface area contributed by atoms with Crippen LogP contribution in [0.1, 0.15) is 11.1 Å². The fourth-order valence-corrected chi connectivity index (χ4v) is 2.16. The molecule has 1 aromatic heterocycles. The number of likely N-dealkylation sites (N-methyl/N-ethyl adjacent to an activating group) is 1. The number of amides is 2. The summed E-state index contributed by atoms with van der Waals surface area (Å²) >= 11 is 0. The van der Waals surface area contributed by atoms with Gasteiger partial charge in [0.1, 0.15) is 0 Å². The number of pyridine rings is 1. The molecule has 0 bridgehead atoms. The number of hydrogen-bond donors (Lipinski definition) is 1. The lowest BCUT2D eigenvalue weighted by Gasteiger charge is -2.16. The second kappa shape index (κ2) is 8.68. The third kappa shape index (κ3) is 5.54. The first kappa shape index (κ1) is 16.7. The Labute approximate surface area is 136 Å². The van der Waals surface area contributed by atoms with Crippen molar-refractivity contribution in [1.82, 2.24) is 15.2 Å². The van der Waals surface area contributed by atoms with Crippen molar-refractivity contribution in [2.75, 3.05) is 20.1 Å². The Kier molecular flexibility index (Phi) is 6.29. The Morgan fingerprint density at radius 1 is 1.00 bits per heavy atom. The van der Waals surface area contributed by atoms with E-state index in [1.54, 1.807) is 19.4 Å². The van der Waals surface area contributed by atoms with Gasteiger partial charge in [-0.15, -0.1) is 0 Å². The first-order valence-electron chi connectivity index (χ1n) is 7.63. The van der Waals surface area contributed by atoms with Crippen molar-refractivity contribution in [2.45, 2.75) is 12.8 Å². The maximum Gasteiger partial charge on any atom is 0.311 e. The highest BCUT2D eigenvalue weighted by atomic mass is 16.2. The largest absolute Gasteiger partial charge is 0.347 e. The zero-order chi connectivity index (χ0) is 16.5. The summed E-state index contributed by atoms with van der Waals surface area (Å²) in [6, 6.07) is 13.6. The van der Waals surface area contributed by atoms with Gasteiger partial charge in [0, 0.05) is 32.5 Å². The van der Waals surface area contributed by atoms with Crippen LogP contribution >= 0.6 is 0 Å². The molecule has 0 saturated carbocycles. The first-order valence-corrected chi connectivity index (χ1v) is 7.63. The molecule has 0 atom stereocenters. The molecule has 2 rings (SSSR count). The Morgan fingerprint density at radius 2 is 1.65 bits per heavy atom. The van der Waals surface area contributed by atoms with Crippen LogP contribution in [-0.4, -0.2) is 41.8 Å². The fraction of sp³-hybridized carbons (Fsp3) is 0.278. The number of carbonyl (C=O) groups is 2. The minimum Gasteiger partial charge on any atom is -0.347 e. The molecule has 0 unspecified atom stereocenters. The summed E-state index contributed by atoms with van der Waals surface area (Å²) in [6.07, 6.45) is 4.84. The van der Waals surface area contributed by atoms with Crippen molar-refractivity contribution in [3.63, 3.8) is 0 Å². The van der Waals surface area contributed by atoms with Crippen molar-refractivity contribution >= 4 is 11.8 Å². The molecule has 0 aliphatic carbocycles. The molecule has 120 valence electrons. The van der Waals surface area contributed by atoms with Gasteiger partial charge in [0.25, 0.3) is 0 Å². The average Bonchev–Trinajstić information content (AvgIpc) is 2.60. The minimum atomic E-state index is -0.557. The highest BCUT2D eigenvalue weighted by Gasteiger charge is 2.17. The van der Waals surface area contributed by atoms with E-state index < -0.39 is 11.8 Å².